The van der Waals surface area contributed by atoms with Gasteiger partial charge in [0.15, 0.2) is 0 Å². The highest BCUT2D eigenvalue weighted by Crippen LogP contribution is 2.37. The Morgan fingerprint density at radius 1 is 1.15 bits per heavy atom. The Morgan fingerprint density at radius 3 is 2.36 bits per heavy atom. The minimum absolute atomic E-state index is 0.0385. The first kappa shape index (κ1) is 24.7. The topological polar surface area (TPSA) is 147 Å². The van der Waals surface area contributed by atoms with Gasteiger partial charge in [0, 0.05) is 56.1 Å². The number of sulfonamides is 1. The summed E-state index contributed by atoms with van der Waals surface area (Å²) in [5.74, 6) is -0.710. The van der Waals surface area contributed by atoms with Gasteiger partial charge in [-0.25, -0.2) is 8.42 Å². The van der Waals surface area contributed by atoms with Crippen LogP contribution >= 0.6 is 11.3 Å². The number of likely N-dealkylation sites (N-methyl/N-ethyl adjacent to an activating group) is 1. The van der Waals surface area contributed by atoms with Gasteiger partial charge in [0.25, 0.3) is 11.8 Å². The highest BCUT2D eigenvalue weighted by Gasteiger charge is 2.28. The summed E-state index contributed by atoms with van der Waals surface area (Å²) in [6.07, 6.45) is 2.62. The molecule has 0 spiro atoms. The maximum atomic E-state index is 12.9. The number of hydrogen-bond donors (Lipinski definition) is 4. The molecule has 2 heterocycles. The molecule has 0 saturated carbocycles. The molecule has 2 aromatic rings. The van der Waals surface area contributed by atoms with Crippen LogP contribution in [0.1, 0.15) is 31.2 Å². The first-order valence-electron chi connectivity index (χ1n) is 10.2. The lowest BCUT2D eigenvalue weighted by atomic mass is 10.0. The molecule has 1 aliphatic rings. The summed E-state index contributed by atoms with van der Waals surface area (Å²) >= 11 is 1.38. The van der Waals surface area contributed by atoms with Gasteiger partial charge >= 0.3 is 0 Å². The lowest BCUT2D eigenvalue weighted by Crippen LogP contribution is -2.34. The Morgan fingerprint density at radius 2 is 1.79 bits per heavy atom. The SMILES string of the molecule is CNC(=O)c1c(NC(=O)c2ccc(S(=O)(=O)N(CC=N)CC=N)cc2)sc2c1CCN(C)C2. The van der Waals surface area contributed by atoms with Gasteiger partial charge in [0.2, 0.25) is 10.0 Å². The molecule has 0 atom stereocenters. The summed E-state index contributed by atoms with van der Waals surface area (Å²) in [6, 6.07) is 5.44. The molecule has 0 fully saturated rings. The van der Waals surface area contributed by atoms with Crippen molar-refractivity contribution in [2.45, 2.75) is 17.9 Å². The van der Waals surface area contributed by atoms with Crippen LogP contribution in [0.5, 0.6) is 0 Å². The smallest absolute Gasteiger partial charge is 0.256 e. The van der Waals surface area contributed by atoms with E-state index in [1.165, 1.54) is 35.6 Å². The van der Waals surface area contributed by atoms with Crippen LogP contribution in [0.25, 0.3) is 0 Å². The van der Waals surface area contributed by atoms with Gasteiger partial charge < -0.3 is 26.4 Å². The number of amides is 2. The fraction of sp³-hybridized carbons (Fsp3) is 0.333. The molecular formula is C21H26N6O4S2. The van der Waals surface area contributed by atoms with Gasteiger partial charge in [-0.1, -0.05) is 0 Å². The van der Waals surface area contributed by atoms with Crippen molar-refractivity contribution in [1.82, 2.24) is 14.5 Å². The molecule has 12 heteroatoms. The third-order valence-electron chi connectivity index (χ3n) is 5.27. The zero-order valence-corrected chi connectivity index (χ0v) is 20.0. The van der Waals surface area contributed by atoms with Crippen LogP contribution in [0.3, 0.4) is 0 Å². The van der Waals surface area contributed by atoms with Crippen molar-refractivity contribution in [2.24, 2.45) is 0 Å². The number of fused-ring (bicyclic) bond motifs is 1. The van der Waals surface area contributed by atoms with Crippen molar-refractivity contribution in [3.63, 3.8) is 0 Å². The van der Waals surface area contributed by atoms with E-state index in [0.717, 1.165) is 40.1 Å². The second-order valence-corrected chi connectivity index (χ2v) is 10.5. The molecule has 1 aliphatic heterocycles. The minimum Gasteiger partial charge on any atom is -0.355 e. The molecule has 0 saturated heterocycles. The Labute approximate surface area is 196 Å². The first-order chi connectivity index (χ1) is 15.7. The maximum Gasteiger partial charge on any atom is 0.256 e. The van der Waals surface area contributed by atoms with E-state index in [4.69, 9.17) is 10.8 Å². The van der Waals surface area contributed by atoms with Gasteiger partial charge in [0.1, 0.15) is 5.00 Å². The molecule has 1 aromatic heterocycles. The lowest BCUT2D eigenvalue weighted by Gasteiger charge is -2.22. The lowest BCUT2D eigenvalue weighted by molar-refractivity contribution is 0.0962. The van der Waals surface area contributed by atoms with Crippen molar-refractivity contribution in [3.05, 3.63) is 45.8 Å². The summed E-state index contributed by atoms with van der Waals surface area (Å²) in [4.78, 5) is 28.6. The van der Waals surface area contributed by atoms with Crippen LogP contribution < -0.4 is 10.6 Å². The van der Waals surface area contributed by atoms with E-state index >= 15 is 0 Å². The Balaban J connectivity index is 1.85. The molecule has 0 bridgehead atoms. The van der Waals surface area contributed by atoms with E-state index in [0.29, 0.717) is 17.1 Å². The number of nitrogens with zero attached hydrogens (tertiary/aromatic N) is 2. The maximum absolute atomic E-state index is 12.9. The van der Waals surface area contributed by atoms with Gasteiger partial charge in [-0.3, -0.25) is 9.59 Å². The van der Waals surface area contributed by atoms with E-state index in [-0.39, 0.29) is 29.5 Å². The molecular weight excluding hydrogens is 464 g/mol. The highest BCUT2D eigenvalue weighted by molar-refractivity contribution is 7.89. The van der Waals surface area contributed by atoms with Crippen LogP contribution in [-0.2, 0) is 23.0 Å². The zero-order chi connectivity index (χ0) is 24.2. The van der Waals surface area contributed by atoms with Crippen molar-refractivity contribution < 1.29 is 18.0 Å². The van der Waals surface area contributed by atoms with Crippen molar-refractivity contribution in [2.75, 3.05) is 39.0 Å². The Hall–Kier alpha value is -2.93. The third-order valence-corrected chi connectivity index (χ3v) is 8.25. The van der Waals surface area contributed by atoms with Gasteiger partial charge in [-0.05, 0) is 43.3 Å². The molecule has 4 N–H and O–H groups in total. The molecule has 33 heavy (non-hydrogen) atoms. The van der Waals surface area contributed by atoms with E-state index in [2.05, 4.69) is 15.5 Å². The van der Waals surface area contributed by atoms with Crippen LogP contribution in [0.2, 0.25) is 0 Å². The number of hydrogen-bond acceptors (Lipinski definition) is 8. The first-order valence-corrected chi connectivity index (χ1v) is 12.4. The molecule has 0 unspecified atom stereocenters. The predicted molar refractivity (Wildman–Crippen MR) is 128 cm³/mol. The van der Waals surface area contributed by atoms with Crippen LogP contribution in [0.15, 0.2) is 29.2 Å². The molecule has 0 aliphatic carbocycles. The number of anilines is 1. The Kier molecular flexibility index (Phi) is 7.74. The molecule has 0 radical (unpaired) electrons. The quantitative estimate of drug-likeness (QED) is 0.395. The third kappa shape index (κ3) is 5.19. The fourth-order valence-corrected chi connectivity index (χ4v) is 6.20. The number of rotatable bonds is 9. The van der Waals surface area contributed by atoms with E-state index in [1.807, 2.05) is 7.05 Å². The molecule has 1 aromatic carbocycles. The molecule has 10 nitrogen and oxygen atoms in total. The van der Waals surface area contributed by atoms with Gasteiger partial charge in [0.05, 0.1) is 10.5 Å². The van der Waals surface area contributed by atoms with E-state index in [1.54, 1.807) is 7.05 Å². The number of benzene rings is 1. The summed E-state index contributed by atoms with van der Waals surface area (Å²) < 4.78 is 26.5. The highest BCUT2D eigenvalue weighted by atomic mass is 32.2. The summed E-state index contributed by atoms with van der Waals surface area (Å²) in [5, 5.41) is 20.3. The predicted octanol–water partition coefficient (Wildman–Crippen LogP) is 1.64. The molecule has 176 valence electrons. The molecule has 3 rings (SSSR count). The van der Waals surface area contributed by atoms with Crippen molar-refractivity contribution >= 4 is 50.6 Å². The monoisotopic (exact) mass is 490 g/mol. The number of nitrogens with one attached hydrogen (secondary N) is 4. The summed E-state index contributed by atoms with van der Waals surface area (Å²) in [6.45, 7) is 1.22. The second-order valence-electron chi connectivity index (χ2n) is 7.48. The van der Waals surface area contributed by atoms with Gasteiger partial charge in [-0.15, -0.1) is 11.3 Å². The van der Waals surface area contributed by atoms with Gasteiger partial charge in [-0.2, -0.15) is 4.31 Å². The van der Waals surface area contributed by atoms with Crippen molar-refractivity contribution in [3.8, 4) is 0 Å². The normalized spacial score (nSPS) is 13.9. The minimum atomic E-state index is -3.91. The standard InChI is InChI=1S/C21H26N6O4S2/c1-24-20(29)18-16-7-10-26(2)13-17(16)32-21(18)25-19(28)14-3-5-15(6-4-14)33(30,31)27(11-8-22)12-9-23/h3-6,8-9,22-23H,7,10-13H2,1-2H3,(H,24,29)(H,25,28). The number of thiophene rings is 1. The average molecular weight is 491 g/mol. The zero-order valence-electron chi connectivity index (χ0n) is 18.3. The number of carbonyl (C=O) groups is 2. The second kappa shape index (κ2) is 10.3. The van der Waals surface area contributed by atoms with E-state index < -0.39 is 15.9 Å². The van der Waals surface area contributed by atoms with Crippen LogP contribution in [-0.4, -0.2) is 75.6 Å². The van der Waals surface area contributed by atoms with E-state index in [9.17, 15) is 18.0 Å². The van der Waals surface area contributed by atoms with Crippen LogP contribution in [0.4, 0.5) is 5.00 Å². The summed E-state index contributed by atoms with van der Waals surface area (Å²) in [7, 11) is -0.362. The van der Waals surface area contributed by atoms with Crippen LogP contribution in [0, 0.1) is 10.8 Å². The fourth-order valence-electron chi connectivity index (χ4n) is 3.56. The summed E-state index contributed by atoms with van der Waals surface area (Å²) in [5.41, 5.74) is 1.67. The Bertz CT molecular complexity index is 1160. The largest absolute Gasteiger partial charge is 0.355 e. The number of carbonyl (C=O) groups excluding carboxylic acids is 2. The van der Waals surface area contributed by atoms with Crippen molar-refractivity contribution in [1.29, 1.82) is 10.8 Å². The average Bonchev–Trinajstić information content (AvgIpc) is 3.15. The molecule has 2 amide bonds.